The molecule has 0 spiro atoms. The van der Waals surface area contributed by atoms with Crippen LogP contribution in [0.15, 0.2) is 18.2 Å². The van der Waals surface area contributed by atoms with Crippen molar-refractivity contribution in [3.63, 3.8) is 0 Å². The molecule has 17 heavy (non-hydrogen) atoms. The summed E-state index contributed by atoms with van der Waals surface area (Å²) in [5.74, 6) is 0.0237. The molecule has 0 saturated heterocycles. The zero-order chi connectivity index (χ0) is 11.7. The lowest BCUT2D eigenvalue weighted by Crippen LogP contribution is -2.28. The van der Waals surface area contributed by atoms with Gasteiger partial charge in [-0.3, -0.25) is 0 Å². The van der Waals surface area contributed by atoms with Crippen LogP contribution in [-0.4, -0.2) is 21.7 Å². The monoisotopic (exact) mass is 257 g/mol. The molecule has 0 radical (unpaired) electrons. The Morgan fingerprint density at radius 3 is 2.88 bits per heavy atom. The first-order valence-corrected chi connectivity index (χ1v) is 4.87. The summed E-state index contributed by atoms with van der Waals surface area (Å²) >= 11 is 0. The Balaban J connectivity index is 0.00000144. The molecule has 1 N–H and O–H groups in total. The van der Waals surface area contributed by atoms with Crippen molar-refractivity contribution in [1.82, 2.24) is 9.94 Å². The fourth-order valence-corrected chi connectivity index (χ4v) is 1.55. The van der Waals surface area contributed by atoms with Gasteiger partial charge >= 0.3 is 5.82 Å². The molecule has 1 aromatic carbocycles. The summed E-state index contributed by atoms with van der Waals surface area (Å²) in [7, 11) is 0. The van der Waals surface area contributed by atoms with Crippen LogP contribution in [0.1, 0.15) is 11.4 Å². The van der Waals surface area contributed by atoms with E-state index in [0.717, 1.165) is 5.56 Å². The maximum absolute atomic E-state index is 11.8. The molecular weight excluding hydrogens is 246 g/mol. The fraction of sp³-hybridized carbons (Fsp3) is 0.300. The van der Waals surface area contributed by atoms with Gasteiger partial charge in [0, 0.05) is 4.43 Å². The second kappa shape index (κ2) is 5.11. The van der Waals surface area contributed by atoms with Gasteiger partial charge in [0.15, 0.2) is 0 Å². The van der Waals surface area contributed by atoms with E-state index in [1.54, 1.807) is 18.2 Å². The average Bonchev–Trinajstić information content (AvgIpc) is 2.25. The summed E-state index contributed by atoms with van der Waals surface area (Å²) in [6.45, 7) is 1.62. The van der Waals surface area contributed by atoms with Crippen molar-refractivity contribution in [3.05, 3.63) is 39.7 Å². The highest BCUT2D eigenvalue weighted by molar-refractivity contribution is 5.85. The minimum absolute atomic E-state index is 0. The van der Waals surface area contributed by atoms with E-state index >= 15 is 0 Å². The molecule has 0 atom stereocenters. The Kier molecular flexibility index (Phi) is 4.03. The van der Waals surface area contributed by atoms with Crippen molar-refractivity contribution >= 4 is 23.4 Å². The van der Waals surface area contributed by atoms with E-state index < -0.39 is 0 Å². The van der Waals surface area contributed by atoms with Crippen LogP contribution in [0.4, 0.5) is 0 Å². The highest BCUT2D eigenvalue weighted by Gasteiger charge is 2.15. The van der Waals surface area contributed by atoms with Crippen LogP contribution in [-0.2, 0) is 6.42 Å². The molecule has 1 aromatic heterocycles. The lowest BCUT2D eigenvalue weighted by Gasteiger charge is -2.06. The smallest absolute Gasteiger partial charge is 0.369 e. The van der Waals surface area contributed by atoms with E-state index in [4.69, 9.17) is 5.11 Å². The molecule has 2 aromatic rings. The quantitative estimate of drug-likeness (QED) is 0.797. The van der Waals surface area contributed by atoms with Gasteiger partial charge in [-0.05, 0) is 24.6 Å². The Morgan fingerprint density at radius 2 is 2.24 bits per heavy atom. The number of aromatic nitrogens is 3. The average molecular weight is 258 g/mol. The molecule has 0 aliphatic rings. The number of hydrogen-bond donors (Lipinski definition) is 1. The third-order valence-electron chi connectivity index (χ3n) is 2.33. The molecular formula is C10H12ClN3O3. The van der Waals surface area contributed by atoms with Gasteiger partial charge in [-0.15, -0.1) is 12.4 Å². The molecule has 2 rings (SSSR count). The van der Waals surface area contributed by atoms with Gasteiger partial charge in [0.25, 0.3) is 0 Å². The first kappa shape index (κ1) is 13.4. The van der Waals surface area contributed by atoms with Crippen LogP contribution < -0.4 is 4.43 Å². The number of nitrogens with zero attached hydrogens (tertiary/aromatic N) is 3. The fourth-order valence-electron chi connectivity index (χ4n) is 1.55. The molecule has 7 heteroatoms. The zero-order valence-electron chi connectivity index (χ0n) is 9.16. The number of fused-ring (bicyclic) bond motifs is 1. The minimum atomic E-state index is -0.216. The predicted molar refractivity (Wildman–Crippen MR) is 64.6 cm³/mol. The van der Waals surface area contributed by atoms with Crippen LogP contribution >= 0.6 is 12.4 Å². The van der Waals surface area contributed by atoms with Crippen LogP contribution in [0, 0.1) is 17.0 Å². The molecule has 0 aliphatic heterocycles. The third-order valence-corrected chi connectivity index (χ3v) is 2.33. The summed E-state index contributed by atoms with van der Waals surface area (Å²) in [6, 6.07) is 4.92. The standard InChI is InChI=1S/C10H11N3O3.ClH/c1-7-2-3-8-9(6-7)12(15)10(4-5-14)11-13(8)16;/h2-3,6,14H,4-5H2,1H3;1H. The van der Waals surface area contributed by atoms with Crippen LogP contribution in [0.2, 0.25) is 0 Å². The summed E-state index contributed by atoms with van der Waals surface area (Å²) in [5.41, 5.74) is 1.38. The number of aryl methyl sites for hydroxylation is 1. The second-order valence-corrected chi connectivity index (χ2v) is 3.55. The second-order valence-electron chi connectivity index (χ2n) is 3.55. The molecule has 0 saturated carbocycles. The van der Waals surface area contributed by atoms with Crippen LogP contribution in [0.25, 0.3) is 11.0 Å². The van der Waals surface area contributed by atoms with Crippen molar-refractivity contribution in [3.8, 4) is 0 Å². The number of halogens is 1. The highest BCUT2D eigenvalue weighted by Crippen LogP contribution is 2.10. The van der Waals surface area contributed by atoms with Gasteiger partial charge in [-0.25, -0.2) is 0 Å². The van der Waals surface area contributed by atoms with Gasteiger partial charge in [0.05, 0.1) is 18.1 Å². The summed E-state index contributed by atoms with van der Waals surface area (Å²) in [4.78, 5) is 12.2. The lowest BCUT2D eigenvalue weighted by atomic mass is 10.2. The maximum Gasteiger partial charge on any atom is 0.369 e. The van der Waals surface area contributed by atoms with Crippen LogP contribution in [0.5, 0.6) is 0 Å². The van der Waals surface area contributed by atoms with Crippen molar-refractivity contribution in [2.75, 3.05) is 6.61 Å². The van der Waals surface area contributed by atoms with Crippen molar-refractivity contribution < 1.29 is 9.53 Å². The van der Waals surface area contributed by atoms with E-state index in [1.807, 2.05) is 6.92 Å². The van der Waals surface area contributed by atoms with Crippen LogP contribution in [0.3, 0.4) is 0 Å². The number of rotatable bonds is 2. The summed E-state index contributed by atoms with van der Waals surface area (Å²) < 4.78 is 0.590. The SMILES string of the molecule is Cc1ccc2c(c1)[n+](=O)c(CCO)nn2[O-].Cl. The Morgan fingerprint density at radius 1 is 1.53 bits per heavy atom. The topological polar surface area (TPSA) is 84.1 Å². The maximum atomic E-state index is 11.8. The highest BCUT2D eigenvalue weighted by atomic mass is 35.5. The van der Waals surface area contributed by atoms with E-state index in [1.165, 1.54) is 0 Å². The lowest BCUT2D eigenvalue weighted by molar-refractivity contribution is -0.480. The van der Waals surface area contributed by atoms with Gasteiger partial charge in [-0.2, -0.15) is 4.85 Å². The summed E-state index contributed by atoms with van der Waals surface area (Å²) in [6.07, 6.45) is 0.0651. The number of benzene rings is 1. The minimum Gasteiger partial charge on any atom is -0.772 e. The van der Waals surface area contributed by atoms with Crippen molar-refractivity contribution in [1.29, 1.82) is 0 Å². The number of aliphatic hydroxyl groups is 1. The normalized spacial score (nSPS) is 10.2. The Bertz CT molecular complexity index is 597. The number of hydrogen-bond acceptors (Lipinski definition) is 4. The zero-order valence-corrected chi connectivity index (χ0v) is 9.98. The van der Waals surface area contributed by atoms with E-state index in [2.05, 4.69) is 5.10 Å². The first-order chi connectivity index (χ1) is 7.63. The van der Waals surface area contributed by atoms with Crippen molar-refractivity contribution in [2.24, 2.45) is 0 Å². The van der Waals surface area contributed by atoms with Gasteiger partial charge < -0.3 is 10.3 Å². The van der Waals surface area contributed by atoms with E-state index in [9.17, 15) is 10.1 Å². The van der Waals surface area contributed by atoms with Gasteiger partial charge in [0.1, 0.15) is 5.52 Å². The largest absolute Gasteiger partial charge is 0.772 e. The van der Waals surface area contributed by atoms with E-state index in [-0.39, 0.29) is 42.3 Å². The Labute approximate surface area is 103 Å². The molecule has 6 nitrogen and oxygen atoms in total. The van der Waals surface area contributed by atoms with Gasteiger partial charge in [0.2, 0.25) is 5.52 Å². The summed E-state index contributed by atoms with van der Waals surface area (Å²) in [5, 5.41) is 23.8. The molecule has 0 unspecified atom stereocenters. The Hall–Kier alpha value is -1.66. The molecule has 92 valence electrons. The molecule has 1 heterocycles. The van der Waals surface area contributed by atoms with Crippen molar-refractivity contribution in [2.45, 2.75) is 13.3 Å². The van der Waals surface area contributed by atoms with Gasteiger partial charge in [-0.1, -0.05) is 11.0 Å². The molecule has 0 fully saturated rings. The molecule has 0 bridgehead atoms. The van der Waals surface area contributed by atoms with E-state index in [0.29, 0.717) is 9.27 Å². The first-order valence-electron chi connectivity index (χ1n) is 4.87. The molecule has 0 aliphatic carbocycles. The molecule has 0 amide bonds. The predicted octanol–water partition coefficient (Wildman–Crippen LogP) is 0.562. The number of aliphatic hydroxyl groups excluding tert-OH is 1. The third kappa shape index (κ3) is 2.37.